The summed E-state index contributed by atoms with van der Waals surface area (Å²) in [6.07, 6.45) is 0. The van der Waals surface area contributed by atoms with Crippen LogP contribution < -0.4 is 10.9 Å². The topological polar surface area (TPSA) is 118 Å². The lowest BCUT2D eigenvalue weighted by atomic mass is 10.1. The van der Waals surface area contributed by atoms with E-state index in [4.69, 9.17) is 0 Å². The Bertz CT molecular complexity index is 797. The van der Waals surface area contributed by atoms with Crippen molar-refractivity contribution in [3.63, 3.8) is 0 Å². The highest BCUT2D eigenvalue weighted by Gasteiger charge is 2.17. The first-order chi connectivity index (χ1) is 11.4. The van der Waals surface area contributed by atoms with Crippen LogP contribution in [0.15, 0.2) is 48.5 Å². The second kappa shape index (κ2) is 7.14. The van der Waals surface area contributed by atoms with E-state index in [1.54, 1.807) is 12.1 Å². The maximum absolute atomic E-state index is 11.9. The summed E-state index contributed by atoms with van der Waals surface area (Å²) < 4.78 is 0. The molecule has 0 saturated heterocycles. The molecule has 0 radical (unpaired) electrons. The van der Waals surface area contributed by atoms with Gasteiger partial charge in [0.1, 0.15) is 0 Å². The Hall–Kier alpha value is -3.55. The molecule has 0 unspecified atom stereocenters. The number of hydrogen-bond acceptors (Lipinski definition) is 5. The molecule has 8 heteroatoms. The van der Waals surface area contributed by atoms with Gasteiger partial charge in [0.15, 0.2) is 0 Å². The van der Waals surface area contributed by atoms with E-state index in [2.05, 4.69) is 5.43 Å². The molecule has 0 fully saturated rings. The minimum Gasteiger partial charge on any atom is -0.283 e. The zero-order chi connectivity index (χ0) is 17.7. The van der Waals surface area contributed by atoms with Crippen LogP contribution in [0.2, 0.25) is 0 Å². The van der Waals surface area contributed by atoms with Gasteiger partial charge in [0.2, 0.25) is 0 Å². The summed E-state index contributed by atoms with van der Waals surface area (Å²) in [5, 5.41) is 10.5. The third-order valence-corrected chi connectivity index (χ3v) is 3.15. The van der Waals surface area contributed by atoms with Gasteiger partial charge < -0.3 is 0 Å². The lowest BCUT2D eigenvalue weighted by molar-refractivity contribution is -0.384. The van der Waals surface area contributed by atoms with Gasteiger partial charge in [-0.05, 0) is 19.1 Å². The van der Waals surface area contributed by atoms with Crippen LogP contribution in [0, 0.1) is 17.0 Å². The van der Waals surface area contributed by atoms with Crippen molar-refractivity contribution in [3.8, 4) is 0 Å². The van der Waals surface area contributed by atoms with Crippen LogP contribution in [0.5, 0.6) is 0 Å². The molecule has 0 aliphatic rings. The summed E-state index contributed by atoms with van der Waals surface area (Å²) in [5.74, 6) is -2.48. The SMILES string of the molecule is Cc1ccc(C(=O)C(=O)NNC(=O)c2ccc([N+](=O)[O-])cc2)cc1. The van der Waals surface area contributed by atoms with E-state index >= 15 is 0 Å². The van der Waals surface area contributed by atoms with Gasteiger partial charge in [-0.25, -0.2) is 0 Å². The standard InChI is InChI=1S/C16H13N3O5/c1-10-2-4-11(5-3-10)14(20)16(22)18-17-15(21)12-6-8-13(9-7-12)19(23)24/h2-9H,1H3,(H,17,21)(H,18,22). The summed E-state index contributed by atoms with van der Waals surface area (Å²) in [6.45, 7) is 1.85. The number of aryl methyl sites for hydroxylation is 1. The van der Waals surface area contributed by atoms with Crippen molar-refractivity contribution in [2.45, 2.75) is 6.92 Å². The largest absolute Gasteiger partial charge is 0.310 e. The van der Waals surface area contributed by atoms with Gasteiger partial charge in [0, 0.05) is 23.3 Å². The summed E-state index contributed by atoms with van der Waals surface area (Å²) in [7, 11) is 0. The fraction of sp³-hybridized carbons (Fsp3) is 0.0625. The number of Topliss-reactive ketones (excluding diaryl/α,β-unsaturated/α-hetero) is 1. The van der Waals surface area contributed by atoms with E-state index in [1.165, 1.54) is 24.3 Å². The molecule has 0 spiro atoms. The Kier molecular flexibility index (Phi) is 5.00. The van der Waals surface area contributed by atoms with Gasteiger partial charge in [0.25, 0.3) is 17.4 Å². The Morgan fingerprint density at radius 2 is 1.42 bits per heavy atom. The molecule has 2 amide bonds. The zero-order valence-electron chi connectivity index (χ0n) is 12.6. The number of rotatable bonds is 4. The van der Waals surface area contributed by atoms with Crippen molar-refractivity contribution in [2.75, 3.05) is 0 Å². The second-order valence-corrected chi connectivity index (χ2v) is 4.91. The third-order valence-electron chi connectivity index (χ3n) is 3.15. The number of nitrogens with zero attached hydrogens (tertiary/aromatic N) is 1. The summed E-state index contributed by atoms with van der Waals surface area (Å²) in [4.78, 5) is 45.4. The Morgan fingerprint density at radius 1 is 0.875 bits per heavy atom. The summed E-state index contributed by atoms with van der Waals surface area (Å²) in [5.41, 5.74) is 5.17. The van der Waals surface area contributed by atoms with Crippen molar-refractivity contribution in [1.29, 1.82) is 0 Å². The van der Waals surface area contributed by atoms with Crippen molar-refractivity contribution >= 4 is 23.3 Å². The number of amides is 2. The minimum absolute atomic E-state index is 0.101. The number of ketones is 1. The monoisotopic (exact) mass is 327 g/mol. The fourth-order valence-electron chi connectivity index (χ4n) is 1.81. The van der Waals surface area contributed by atoms with E-state index < -0.39 is 22.5 Å². The maximum atomic E-state index is 11.9. The smallest absolute Gasteiger partial charge is 0.283 e. The maximum Gasteiger partial charge on any atom is 0.310 e. The first-order valence-electron chi connectivity index (χ1n) is 6.84. The molecule has 122 valence electrons. The van der Waals surface area contributed by atoms with Crippen molar-refractivity contribution < 1.29 is 19.3 Å². The van der Waals surface area contributed by atoms with Gasteiger partial charge in [-0.2, -0.15) is 0 Å². The molecule has 24 heavy (non-hydrogen) atoms. The molecular formula is C16H13N3O5. The first kappa shape index (κ1) is 16.8. The van der Waals surface area contributed by atoms with E-state index in [1.807, 2.05) is 12.3 Å². The zero-order valence-corrected chi connectivity index (χ0v) is 12.6. The number of hydrazine groups is 1. The van der Waals surface area contributed by atoms with Crippen molar-refractivity contribution in [1.82, 2.24) is 10.9 Å². The van der Waals surface area contributed by atoms with E-state index in [-0.39, 0.29) is 16.8 Å². The van der Waals surface area contributed by atoms with Gasteiger partial charge in [0.05, 0.1) is 4.92 Å². The highest BCUT2D eigenvalue weighted by atomic mass is 16.6. The number of carbonyl (C=O) groups excluding carboxylic acids is 3. The molecule has 2 rings (SSSR count). The van der Waals surface area contributed by atoms with Crippen LogP contribution in [0.1, 0.15) is 26.3 Å². The Balaban J connectivity index is 1.95. The molecule has 2 aromatic carbocycles. The molecule has 0 aliphatic heterocycles. The number of hydrogen-bond donors (Lipinski definition) is 2. The van der Waals surface area contributed by atoms with Crippen molar-refractivity contribution in [2.24, 2.45) is 0 Å². The van der Waals surface area contributed by atoms with Gasteiger partial charge in [-0.3, -0.25) is 35.3 Å². The number of nitro benzene ring substituents is 1. The number of non-ortho nitro benzene ring substituents is 1. The van der Waals surface area contributed by atoms with E-state index in [0.29, 0.717) is 0 Å². The average Bonchev–Trinajstić information content (AvgIpc) is 2.59. The molecule has 8 nitrogen and oxygen atoms in total. The number of benzene rings is 2. The molecule has 0 aliphatic carbocycles. The lowest BCUT2D eigenvalue weighted by Gasteiger charge is -2.07. The molecule has 0 heterocycles. The van der Waals surface area contributed by atoms with Crippen LogP contribution in [0.4, 0.5) is 5.69 Å². The van der Waals surface area contributed by atoms with E-state index in [9.17, 15) is 24.5 Å². The normalized spacial score (nSPS) is 9.88. The van der Waals surface area contributed by atoms with Crippen LogP contribution in [-0.4, -0.2) is 22.5 Å². The first-order valence-corrected chi connectivity index (χ1v) is 6.84. The third kappa shape index (κ3) is 4.01. The minimum atomic E-state index is -0.992. The van der Waals surface area contributed by atoms with Crippen LogP contribution >= 0.6 is 0 Å². The predicted octanol–water partition coefficient (Wildman–Crippen LogP) is 1.55. The second-order valence-electron chi connectivity index (χ2n) is 4.91. The molecule has 2 aromatic rings. The Morgan fingerprint density at radius 3 is 1.96 bits per heavy atom. The van der Waals surface area contributed by atoms with Gasteiger partial charge in [-0.15, -0.1) is 0 Å². The van der Waals surface area contributed by atoms with Crippen LogP contribution in [0.25, 0.3) is 0 Å². The number of carbonyl (C=O) groups is 3. The Labute approximate surface area is 136 Å². The molecule has 0 atom stereocenters. The van der Waals surface area contributed by atoms with Crippen LogP contribution in [0.3, 0.4) is 0 Å². The van der Waals surface area contributed by atoms with Crippen molar-refractivity contribution in [3.05, 3.63) is 75.3 Å². The fourth-order valence-corrected chi connectivity index (χ4v) is 1.81. The molecular weight excluding hydrogens is 314 g/mol. The highest BCUT2D eigenvalue weighted by Crippen LogP contribution is 2.11. The summed E-state index contributed by atoms with van der Waals surface area (Å²) >= 11 is 0. The molecule has 0 aromatic heterocycles. The van der Waals surface area contributed by atoms with Crippen LogP contribution in [-0.2, 0) is 4.79 Å². The summed E-state index contributed by atoms with van der Waals surface area (Å²) in [6, 6.07) is 11.2. The lowest BCUT2D eigenvalue weighted by Crippen LogP contribution is -2.44. The number of nitrogens with one attached hydrogen (secondary N) is 2. The average molecular weight is 327 g/mol. The molecule has 0 saturated carbocycles. The number of nitro groups is 1. The molecule has 0 bridgehead atoms. The predicted molar refractivity (Wildman–Crippen MR) is 84.2 cm³/mol. The quantitative estimate of drug-likeness (QED) is 0.382. The molecule has 2 N–H and O–H groups in total. The van der Waals surface area contributed by atoms with Gasteiger partial charge in [-0.1, -0.05) is 29.8 Å². The van der Waals surface area contributed by atoms with Gasteiger partial charge >= 0.3 is 5.91 Å². The van der Waals surface area contributed by atoms with E-state index in [0.717, 1.165) is 17.7 Å². The highest BCUT2D eigenvalue weighted by molar-refractivity contribution is 6.42.